The molecule has 174 valence electrons. The third-order valence-corrected chi connectivity index (χ3v) is 4.68. The zero-order valence-electron chi connectivity index (χ0n) is 19.5. The predicted molar refractivity (Wildman–Crippen MR) is 125 cm³/mol. The highest BCUT2D eigenvalue weighted by Crippen LogP contribution is 2.24. The van der Waals surface area contributed by atoms with E-state index in [0.717, 1.165) is 25.0 Å². The minimum atomic E-state index is -1.54. The van der Waals surface area contributed by atoms with E-state index in [0.29, 0.717) is 11.4 Å². The summed E-state index contributed by atoms with van der Waals surface area (Å²) in [5.74, 6) is 0.791. The van der Waals surface area contributed by atoms with Gasteiger partial charge in [0.1, 0.15) is 22.6 Å². The van der Waals surface area contributed by atoms with Crippen molar-refractivity contribution in [1.82, 2.24) is 5.32 Å². The van der Waals surface area contributed by atoms with Gasteiger partial charge in [-0.3, -0.25) is 4.79 Å². The zero-order chi connectivity index (χ0) is 23.8. The van der Waals surface area contributed by atoms with Crippen LogP contribution in [0.1, 0.15) is 53.0 Å². The SMILES string of the molecule is CCCCc1ccc(Oc2ccc(NC(=O)[C@](C)(CO)NC(=O)OC(C)(C)C)cc2)cc1. The molecule has 0 spiro atoms. The van der Waals surface area contributed by atoms with E-state index in [9.17, 15) is 14.7 Å². The molecule has 0 fully saturated rings. The maximum atomic E-state index is 12.7. The van der Waals surface area contributed by atoms with Crippen molar-refractivity contribution >= 4 is 17.7 Å². The van der Waals surface area contributed by atoms with E-state index in [2.05, 4.69) is 29.7 Å². The number of rotatable bonds is 9. The maximum absolute atomic E-state index is 12.7. The van der Waals surface area contributed by atoms with Gasteiger partial charge in [0.05, 0.1) is 6.61 Å². The third kappa shape index (κ3) is 7.89. The van der Waals surface area contributed by atoms with Crippen molar-refractivity contribution in [2.75, 3.05) is 11.9 Å². The molecule has 0 aliphatic heterocycles. The quantitative estimate of drug-likeness (QED) is 0.506. The van der Waals surface area contributed by atoms with E-state index >= 15 is 0 Å². The molecule has 7 heteroatoms. The van der Waals surface area contributed by atoms with Crippen LogP contribution in [-0.2, 0) is 16.0 Å². The van der Waals surface area contributed by atoms with Crippen molar-refractivity contribution in [2.24, 2.45) is 0 Å². The largest absolute Gasteiger partial charge is 0.457 e. The van der Waals surface area contributed by atoms with Gasteiger partial charge in [0.15, 0.2) is 0 Å². The van der Waals surface area contributed by atoms with Crippen LogP contribution in [0.2, 0.25) is 0 Å². The number of anilines is 1. The zero-order valence-corrected chi connectivity index (χ0v) is 19.5. The van der Waals surface area contributed by atoms with Gasteiger partial charge in [0.25, 0.3) is 5.91 Å². The number of nitrogens with one attached hydrogen (secondary N) is 2. The van der Waals surface area contributed by atoms with Crippen LogP contribution in [0.3, 0.4) is 0 Å². The molecule has 0 saturated carbocycles. The maximum Gasteiger partial charge on any atom is 0.408 e. The molecule has 1 atom stereocenters. The number of carbonyl (C=O) groups excluding carboxylic acids is 2. The second-order valence-corrected chi connectivity index (χ2v) is 8.95. The molecule has 2 rings (SSSR count). The first kappa shape index (κ1) is 25.2. The Hall–Kier alpha value is -3.06. The molecule has 0 aliphatic rings. The lowest BCUT2D eigenvalue weighted by Gasteiger charge is -2.29. The lowest BCUT2D eigenvalue weighted by molar-refractivity contribution is -0.123. The van der Waals surface area contributed by atoms with E-state index < -0.39 is 29.7 Å². The monoisotopic (exact) mass is 442 g/mol. The van der Waals surface area contributed by atoms with Crippen LogP contribution in [0, 0.1) is 0 Å². The summed E-state index contributed by atoms with van der Waals surface area (Å²) in [6.07, 6.45) is 2.60. The van der Waals surface area contributed by atoms with Gasteiger partial charge in [-0.1, -0.05) is 25.5 Å². The van der Waals surface area contributed by atoms with Crippen LogP contribution >= 0.6 is 0 Å². The van der Waals surface area contributed by atoms with Gasteiger partial charge in [-0.2, -0.15) is 0 Å². The smallest absolute Gasteiger partial charge is 0.408 e. The van der Waals surface area contributed by atoms with Gasteiger partial charge in [-0.15, -0.1) is 0 Å². The van der Waals surface area contributed by atoms with E-state index in [4.69, 9.17) is 9.47 Å². The van der Waals surface area contributed by atoms with Gasteiger partial charge in [0, 0.05) is 5.69 Å². The molecule has 0 aliphatic carbocycles. The number of hydrogen-bond donors (Lipinski definition) is 3. The first-order valence-electron chi connectivity index (χ1n) is 10.8. The number of alkyl carbamates (subject to hydrolysis) is 1. The number of unbranched alkanes of at least 4 members (excludes halogenated alkanes) is 1. The summed E-state index contributed by atoms with van der Waals surface area (Å²) in [7, 11) is 0. The molecule has 2 amide bonds. The normalized spacial score (nSPS) is 13.1. The van der Waals surface area contributed by atoms with Gasteiger partial charge < -0.3 is 25.2 Å². The van der Waals surface area contributed by atoms with Crippen LogP contribution < -0.4 is 15.4 Å². The lowest BCUT2D eigenvalue weighted by Crippen LogP contribution is -2.58. The van der Waals surface area contributed by atoms with E-state index in [1.54, 1.807) is 45.0 Å². The Balaban J connectivity index is 1.96. The number of ether oxygens (including phenoxy) is 2. The predicted octanol–water partition coefficient (Wildman–Crippen LogP) is 5.04. The van der Waals surface area contributed by atoms with Crippen LogP contribution in [0.5, 0.6) is 11.5 Å². The Labute approximate surface area is 190 Å². The van der Waals surface area contributed by atoms with Crippen LogP contribution in [-0.4, -0.2) is 34.9 Å². The Morgan fingerprint density at radius 3 is 2.00 bits per heavy atom. The number of aliphatic hydroxyl groups excluding tert-OH is 1. The molecular formula is C25H34N2O5. The first-order chi connectivity index (χ1) is 15.0. The summed E-state index contributed by atoms with van der Waals surface area (Å²) in [6, 6.07) is 14.9. The highest BCUT2D eigenvalue weighted by Gasteiger charge is 2.36. The van der Waals surface area contributed by atoms with Crippen molar-refractivity contribution in [3.8, 4) is 11.5 Å². The molecule has 3 N–H and O–H groups in total. The highest BCUT2D eigenvalue weighted by molar-refractivity contribution is 5.99. The summed E-state index contributed by atoms with van der Waals surface area (Å²) < 4.78 is 11.0. The number of carbonyl (C=O) groups is 2. The minimum absolute atomic E-state index is 0.503. The standard InChI is InChI=1S/C25H34N2O5/c1-6-7-8-18-9-13-20(14-10-18)31-21-15-11-19(12-16-21)26-22(29)25(5,17-28)27-23(30)32-24(2,3)4/h9-16,28H,6-8,17H2,1-5H3,(H,26,29)(H,27,30)/t25-/m0/s1. The number of aryl methyl sites for hydroxylation is 1. The molecule has 0 radical (unpaired) electrons. The third-order valence-electron chi connectivity index (χ3n) is 4.68. The van der Waals surface area contributed by atoms with Gasteiger partial charge >= 0.3 is 6.09 Å². The molecule has 7 nitrogen and oxygen atoms in total. The summed E-state index contributed by atoms with van der Waals surface area (Å²) in [6.45, 7) is 8.15. The molecule has 0 heterocycles. The van der Waals surface area contributed by atoms with Crippen molar-refractivity contribution in [1.29, 1.82) is 0 Å². The molecule has 32 heavy (non-hydrogen) atoms. The fraction of sp³-hybridized carbons (Fsp3) is 0.440. The summed E-state index contributed by atoms with van der Waals surface area (Å²) in [5.41, 5.74) is -0.480. The van der Waals surface area contributed by atoms with Gasteiger partial charge in [-0.25, -0.2) is 4.79 Å². The van der Waals surface area contributed by atoms with Gasteiger partial charge in [-0.05, 0) is 82.5 Å². The van der Waals surface area contributed by atoms with Crippen LogP contribution in [0.15, 0.2) is 48.5 Å². The molecular weight excluding hydrogens is 408 g/mol. The Bertz CT molecular complexity index is 888. The summed E-state index contributed by atoms with van der Waals surface area (Å²) in [5, 5.41) is 14.8. The Morgan fingerprint density at radius 2 is 1.50 bits per heavy atom. The van der Waals surface area contributed by atoms with E-state index in [1.165, 1.54) is 12.5 Å². The highest BCUT2D eigenvalue weighted by atomic mass is 16.6. The fourth-order valence-corrected chi connectivity index (χ4v) is 2.81. The van der Waals surface area contributed by atoms with Crippen molar-refractivity contribution in [3.05, 3.63) is 54.1 Å². The average molecular weight is 443 g/mol. The number of amides is 2. The second-order valence-electron chi connectivity index (χ2n) is 8.95. The molecule has 0 saturated heterocycles. The number of hydrogen-bond acceptors (Lipinski definition) is 5. The summed E-state index contributed by atoms with van der Waals surface area (Å²) in [4.78, 5) is 24.7. The molecule has 2 aromatic carbocycles. The average Bonchev–Trinajstić information content (AvgIpc) is 2.73. The molecule has 0 unspecified atom stereocenters. The first-order valence-corrected chi connectivity index (χ1v) is 10.8. The van der Waals surface area contributed by atoms with E-state index in [-0.39, 0.29) is 0 Å². The number of benzene rings is 2. The Kier molecular flexibility index (Phi) is 8.66. The molecule has 0 bridgehead atoms. The fourth-order valence-electron chi connectivity index (χ4n) is 2.81. The van der Waals surface area contributed by atoms with Crippen molar-refractivity contribution in [3.63, 3.8) is 0 Å². The summed E-state index contributed by atoms with van der Waals surface area (Å²) >= 11 is 0. The topological polar surface area (TPSA) is 96.9 Å². The number of aliphatic hydroxyl groups is 1. The molecule has 0 aromatic heterocycles. The van der Waals surface area contributed by atoms with Crippen molar-refractivity contribution < 1.29 is 24.2 Å². The molecule has 2 aromatic rings. The Morgan fingerprint density at radius 1 is 0.938 bits per heavy atom. The van der Waals surface area contributed by atoms with E-state index in [1.807, 2.05) is 12.1 Å². The van der Waals surface area contributed by atoms with Crippen LogP contribution in [0.4, 0.5) is 10.5 Å². The second kappa shape index (κ2) is 11.0. The van der Waals surface area contributed by atoms with Crippen molar-refractivity contribution in [2.45, 2.75) is 65.0 Å². The van der Waals surface area contributed by atoms with Crippen LogP contribution in [0.25, 0.3) is 0 Å². The van der Waals surface area contributed by atoms with Gasteiger partial charge in [0.2, 0.25) is 0 Å². The lowest BCUT2D eigenvalue weighted by atomic mass is 10.0. The minimum Gasteiger partial charge on any atom is -0.457 e.